The van der Waals surface area contributed by atoms with Crippen molar-refractivity contribution in [2.75, 3.05) is 6.61 Å². The number of alkyl halides is 3. The summed E-state index contributed by atoms with van der Waals surface area (Å²) in [7, 11) is 1.78. The van der Waals surface area contributed by atoms with Gasteiger partial charge in [0.1, 0.15) is 12.1 Å². The normalized spacial score (nSPS) is 14.0. The molecule has 0 saturated carbocycles. The van der Waals surface area contributed by atoms with E-state index in [1.165, 1.54) is 0 Å². The van der Waals surface area contributed by atoms with Crippen molar-refractivity contribution in [2.45, 2.75) is 32.1 Å². The van der Waals surface area contributed by atoms with Gasteiger partial charge < -0.3 is 10.1 Å². The molecule has 4 rings (SSSR count). The van der Waals surface area contributed by atoms with Crippen molar-refractivity contribution in [3.05, 3.63) is 35.0 Å². The minimum atomic E-state index is -4.58. The van der Waals surface area contributed by atoms with Gasteiger partial charge in [0.2, 0.25) is 11.8 Å². The lowest BCUT2D eigenvalue weighted by Gasteiger charge is -2.16. The molecule has 0 atom stereocenters. The number of hydrogen-bond donors (Lipinski definition) is 1. The van der Waals surface area contributed by atoms with Crippen LogP contribution in [0.1, 0.15) is 23.2 Å². The number of nitrogens with one attached hydrogen (secondary N) is 1. The Balaban J connectivity index is 1.46. The van der Waals surface area contributed by atoms with E-state index < -0.39 is 17.8 Å². The molecule has 1 N–H and O–H groups in total. The number of nitrogens with zero attached hydrogens (tertiary/aromatic N) is 5. The van der Waals surface area contributed by atoms with E-state index in [2.05, 4.69) is 20.7 Å². The Bertz CT molecular complexity index is 1040. The number of benzene rings is 1. The van der Waals surface area contributed by atoms with Gasteiger partial charge in [-0.1, -0.05) is 11.3 Å². The molecule has 0 saturated heterocycles. The third kappa shape index (κ3) is 3.39. The molecule has 28 heavy (non-hydrogen) atoms. The number of fused-ring (bicyclic) bond motifs is 2. The molecule has 8 nitrogen and oxygen atoms in total. The third-order valence-corrected chi connectivity index (χ3v) is 4.54. The van der Waals surface area contributed by atoms with Gasteiger partial charge in [-0.05, 0) is 30.5 Å². The Kier molecular flexibility index (Phi) is 4.44. The summed E-state index contributed by atoms with van der Waals surface area (Å²) in [6.45, 7) is 0.156. The molecule has 1 amide bonds. The molecule has 1 aliphatic heterocycles. The molecule has 148 valence electrons. The molecule has 0 aliphatic carbocycles. The van der Waals surface area contributed by atoms with Crippen LogP contribution in [0.3, 0.4) is 0 Å². The molecule has 11 heteroatoms. The quantitative estimate of drug-likeness (QED) is 0.730. The van der Waals surface area contributed by atoms with Crippen LogP contribution < -0.4 is 10.1 Å². The fourth-order valence-electron chi connectivity index (χ4n) is 3.21. The van der Waals surface area contributed by atoms with Gasteiger partial charge in [0.25, 0.3) is 0 Å². The second kappa shape index (κ2) is 6.80. The van der Waals surface area contributed by atoms with Crippen molar-refractivity contribution >= 4 is 16.9 Å². The van der Waals surface area contributed by atoms with E-state index in [1.807, 2.05) is 12.1 Å². The molecule has 2 aromatic heterocycles. The number of carbonyl (C=O) groups is 1. The van der Waals surface area contributed by atoms with E-state index in [1.54, 1.807) is 17.8 Å². The van der Waals surface area contributed by atoms with Crippen LogP contribution in [0, 0.1) is 0 Å². The van der Waals surface area contributed by atoms with Gasteiger partial charge >= 0.3 is 6.18 Å². The Hall–Kier alpha value is -3.11. The van der Waals surface area contributed by atoms with E-state index in [0.717, 1.165) is 15.8 Å². The number of hydrogen-bond acceptors (Lipinski definition) is 5. The molecule has 0 radical (unpaired) electrons. The Morgan fingerprint density at radius 1 is 1.36 bits per heavy atom. The van der Waals surface area contributed by atoms with Crippen LogP contribution in [0.15, 0.2) is 18.2 Å². The first kappa shape index (κ1) is 18.3. The zero-order chi connectivity index (χ0) is 19.9. The zero-order valence-corrected chi connectivity index (χ0v) is 15.0. The first-order chi connectivity index (χ1) is 13.3. The second-order valence-corrected chi connectivity index (χ2v) is 6.55. The fraction of sp³-hybridized carbons (Fsp3) is 0.412. The number of aromatic nitrogens is 5. The van der Waals surface area contributed by atoms with Crippen LogP contribution in [0.25, 0.3) is 11.0 Å². The predicted octanol–water partition coefficient (Wildman–Crippen LogP) is 1.82. The number of amides is 1. The van der Waals surface area contributed by atoms with Crippen molar-refractivity contribution < 1.29 is 22.7 Å². The smallest absolute Gasteiger partial charge is 0.435 e. The van der Waals surface area contributed by atoms with Gasteiger partial charge in [-0.25, -0.2) is 9.36 Å². The van der Waals surface area contributed by atoms with Gasteiger partial charge in [-0.15, -0.1) is 5.10 Å². The first-order valence-electron chi connectivity index (χ1n) is 8.67. The molecule has 0 unspecified atom stereocenters. The maximum Gasteiger partial charge on any atom is 0.435 e. The average molecular weight is 394 g/mol. The molecule has 1 aromatic carbocycles. The van der Waals surface area contributed by atoms with Crippen LogP contribution in [0.5, 0.6) is 5.88 Å². The van der Waals surface area contributed by atoms with Crippen molar-refractivity contribution in [3.8, 4) is 5.88 Å². The highest BCUT2D eigenvalue weighted by molar-refractivity contribution is 5.77. The monoisotopic (exact) mass is 394 g/mol. The number of halogens is 3. The standard InChI is InChI=1S/C17H17F3N6O2/c1-25-13-5-4-10(7-12(13)22-24-25)8-21-14(27)9-26-16-11(3-2-6-28-16)15(23-26)17(18,19)20/h4-5,7H,2-3,6,8-9H2,1H3,(H,21,27). The van der Waals surface area contributed by atoms with Gasteiger partial charge in [-0.3, -0.25) is 4.79 Å². The molecule has 0 fully saturated rings. The summed E-state index contributed by atoms with van der Waals surface area (Å²) in [5.74, 6) is -0.442. The largest absolute Gasteiger partial charge is 0.478 e. The number of carbonyl (C=O) groups excluding carboxylic acids is 1. The molecule has 0 spiro atoms. The molecule has 1 aliphatic rings. The second-order valence-electron chi connectivity index (χ2n) is 6.55. The van der Waals surface area contributed by atoms with Gasteiger partial charge in [0.15, 0.2) is 5.69 Å². The van der Waals surface area contributed by atoms with Crippen LogP contribution in [0.4, 0.5) is 13.2 Å². The zero-order valence-electron chi connectivity index (χ0n) is 15.0. The van der Waals surface area contributed by atoms with Crippen molar-refractivity contribution in [1.29, 1.82) is 0 Å². The summed E-state index contributed by atoms with van der Waals surface area (Å²) in [5, 5.41) is 14.2. The lowest BCUT2D eigenvalue weighted by atomic mass is 10.1. The van der Waals surface area contributed by atoms with Crippen LogP contribution >= 0.6 is 0 Å². The highest BCUT2D eigenvalue weighted by Gasteiger charge is 2.40. The Labute approximate surface area is 157 Å². The molecular weight excluding hydrogens is 377 g/mol. The highest BCUT2D eigenvalue weighted by atomic mass is 19.4. The summed E-state index contributed by atoms with van der Waals surface area (Å²) in [5.41, 5.74) is 1.38. The van der Waals surface area contributed by atoms with Crippen LogP contribution in [-0.4, -0.2) is 37.3 Å². The maximum atomic E-state index is 13.2. The van der Waals surface area contributed by atoms with Crippen LogP contribution in [0.2, 0.25) is 0 Å². The van der Waals surface area contributed by atoms with Crippen molar-refractivity contribution in [2.24, 2.45) is 7.05 Å². The van der Waals surface area contributed by atoms with E-state index in [9.17, 15) is 18.0 Å². The number of rotatable bonds is 4. The van der Waals surface area contributed by atoms with Crippen molar-refractivity contribution in [1.82, 2.24) is 30.1 Å². The van der Waals surface area contributed by atoms with Crippen LogP contribution in [-0.2, 0) is 37.5 Å². The molecule has 3 aromatic rings. The predicted molar refractivity (Wildman–Crippen MR) is 91.4 cm³/mol. The summed E-state index contributed by atoms with van der Waals surface area (Å²) in [6, 6.07) is 5.46. The number of aryl methyl sites for hydroxylation is 1. The van der Waals surface area contributed by atoms with E-state index in [-0.39, 0.29) is 31.0 Å². The molecule has 0 bridgehead atoms. The molecular formula is C17H17F3N6O2. The Morgan fingerprint density at radius 3 is 2.96 bits per heavy atom. The topological polar surface area (TPSA) is 86.9 Å². The minimum Gasteiger partial charge on any atom is -0.478 e. The number of ether oxygens (including phenoxy) is 1. The van der Waals surface area contributed by atoms with Gasteiger partial charge in [-0.2, -0.15) is 18.3 Å². The lowest BCUT2D eigenvalue weighted by molar-refractivity contribution is -0.142. The first-order valence-corrected chi connectivity index (χ1v) is 8.67. The van der Waals surface area contributed by atoms with Gasteiger partial charge in [0.05, 0.1) is 12.1 Å². The summed E-state index contributed by atoms with van der Waals surface area (Å²) in [6.07, 6.45) is -3.87. The third-order valence-electron chi connectivity index (χ3n) is 4.54. The SMILES string of the molecule is Cn1nnc2cc(CNC(=O)Cn3nc(C(F)(F)F)c4c3OCCC4)ccc21. The van der Waals surface area contributed by atoms with Gasteiger partial charge in [0, 0.05) is 19.2 Å². The summed E-state index contributed by atoms with van der Waals surface area (Å²) >= 11 is 0. The van der Waals surface area contributed by atoms with E-state index in [4.69, 9.17) is 4.74 Å². The maximum absolute atomic E-state index is 13.2. The van der Waals surface area contributed by atoms with E-state index >= 15 is 0 Å². The summed E-state index contributed by atoms with van der Waals surface area (Å²) < 4.78 is 47.5. The summed E-state index contributed by atoms with van der Waals surface area (Å²) in [4.78, 5) is 12.3. The minimum absolute atomic E-state index is 0.0136. The lowest BCUT2D eigenvalue weighted by Crippen LogP contribution is -2.28. The highest BCUT2D eigenvalue weighted by Crippen LogP contribution is 2.37. The van der Waals surface area contributed by atoms with Crippen molar-refractivity contribution in [3.63, 3.8) is 0 Å². The average Bonchev–Trinajstić information content (AvgIpc) is 3.21. The molecule has 3 heterocycles. The fourth-order valence-corrected chi connectivity index (χ4v) is 3.21. The van der Waals surface area contributed by atoms with E-state index in [0.29, 0.717) is 18.5 Å². The Morgan fingerprint density at radius 2 is 2.18 bits per heavy atom.